The van der Waals surface area contributed by atoms with E-state index in [-0.39, 0.29) is 11.4 Å². The van der Waals surface area contributed by atoms with E-state index >= 15 is 0 Å². The maximum atomic E-state index is 12.5. The van der Waals surface area contributed by atoms with Gasteiger partial charge in [-0.15, -0.1) is 0 Å². The molecule has 88 valence electrons. The van der Waals surface area contributed by atoms with Crippen LogP contribution in [0.15, 0.2) is 18.2 Å². The average Bonchev–Trinajstić information content (AvgIpc) is 2.15. The number of nitrogens with two attached hydrogens (primary N) is 1. The predicted molar refractivity (Wildman–Crippen MR) is 51.2 cm³/mol. The standard InChI is InChI=1S/C9H9F3N2O2/c1-16-7-3-2-5(14-8(13)15)4-6(7)9(10,11)12/h2-4H,1H3,(H3,13,14,15). The highest BCUT2D eigenvalue weighted by Crippen LogP contribution is 2.37. The smallest absolute Gasteiger partial charge is 0.420 e. The molecule has 1 aromatic rings. The lowest BCUT2D eigenvalue weighted by atomic mass is 10.1. The van der Waals surface area contributed by atoms with E-state index in [1.807, 2.05) is 0 Å². The van der Waals surface area contributed by atoms with Crippen LogP contribution in [0.4, 0.5) is 23.7 Å². The molecule has 0 heterocycles. The lowest BCUT2D eigenvalue weighted by molar-refractivity contribution is -0.138. The number of rotatable bonds is 2. The summed E-state index contributed by atoms with van der Waals surface area (Å²) in [5.74, 6) is -0.317. The van der Waals surface area contributed by atoms with Crippen molar-refractivity contribution in [2.45, 2.75) is 6.18 Å². The van der Waals surface area contributed by atoms with Crippen LogP contribution in [0, 0.1) is 0 Å². The molecule has 0 aromatic heterocycles. The van der Waals surface area contributed by atoms with E-state index in [4.69, 9.17) is 5.73 Å². The third-order valence-corrected chi connectivity index (χ3v) is 1.77. The molecule has 7 heteroatoms. The fourth-order valence-corrected chi connectivity index (χ4v) is 1.15. The second-order valence-electron chi connectivity index (χ2n) is 2.90. The number of halogens is 3. The monoisotopic (exact) mass is 234 g/mol. The molecule has 0 atom stereocenters. The van der Waals surface area contributed by atoms with Crippen LogP contribution >= 0.6 is 0 Å². The van der Waals surface area contributed by atoms with Crippen molar-refractivity contribution in [2.24, 2.45) is 5.73 Å². The predicted octanol–water partition coefficient (Wildman–Crippen LogP) is 2.20. The molecule has 16 heavy (non-hydrogen) atoms. The number of carbonyl (C=O) groups is 1. The Morgan fingerprint density at radius 1 is 1.44 bits per heavy atom. The van der Waals surface area contributed by atoms with Gasteiger partial charge in [-0.1, -0.05) is 0 Å². The van der Waals surface area contributed by atoms with Crippen molar-refractivity contribution < 1.29 is 22.7 Å². The van der Waals surface area contributed by atoms with E-state index in [0.29, 0.717) is 0 Å². The highest BCUT2D eigenvalue weighted by Gasteiger charge is 2.34. The fourth-order valence-electron chi connectivity index (χ4n) is 1.15. The molecule has 0 saturated carbocycles. The maximum Gasteiger partial charge on any atom is 0.420 e. The largest absolute Gasteiger partial charge is 0.496 e. The van der Waals surface area contributed by atoms with Gasteiger partial charge in [0.2, 0.25) is 0 Å². The van der Waals surface area contributed by atoms with Crippen molar-refractivity contribution in [3.8, 4) is 5.75 Å². The van der Waals surface area contributed by atoms with Crippen molar-refractivity contribution in [3.05, 3.63) is 23.8 Å². The normalized spacial score (nSPS) is 11.0. The molecule has 1 rings (SSSR count). The first-order valence-corrected chi connectivity index (χ1v) is 4.16. The molecule has 2 amide bonds. The number of benzene rings is 1. The molecule has 1 aromatic carbocycles. The molecule has 0 bridgehead atoms. The van der Waals surface area contributed by atoms with Crippen LogP contribution in [0.3, 0.4) is 0 Å². The molecule has 4 nitrogen and oxygen atoms in total. The summed E-state index contributed by atoms with van der Waals surface area (Å²) in [6, 6.07) is 2.19. The number of alkyl halides is 3. The summed E-state index contributed by atoms with van der Waals surface area (Å²) in [4.78, 5) is 10.5. The van der Waals surface area contributed by atoms with Crippen molar-refractivity contribution >= 4 is 11.7 Å². The van der Waals surface area contributed by atoms with Gasteiger partial charge in [-0.3, -0.25) is 0 Å². The number of hydrogen-bond acceptors (Lipinski definition) is 2. The van der Waals surface area contributed by atoms with Gasteiger partial charge in [-0.25, -0.2) is 4.79 Å². The van der Waals surface area contributed by atoms with Crippen molar-refractivity contribution in [1.29, 1.82) is 0 Å². The van der Waals surface area contributed by atoms with Gasteiger partial charge in [0.25, 0.3) is 0 Å². The Labute approximate surface area is 89.2 Å². The van der Waals surface area contributed by atoms with Crippen molar-refractivity contribution in [1.82, 2.24) is 0 Å². The van der Waals surface area contributed by atoms with Crippen LogP contribution in [0.25, 0.3) is 0 Å². The SMILES string of the molecule is COc1ccc(NC(N)=O)cc1C(F)(F)F. The summed E-state index contributed by atoms with van der Waals surface area (Å²) < 4.78 is 42.2. The Morgan fingerprint density at radius 2 is 2.06 bits per heavy atom. The molecule has 0 radical (unpaired) electrons. The molecule has 0 aliphatic heterocycles. The minimum absolute atomic E-state index is 0.0411. The van der Waals surface area contributed by atoms with E-state index in [2.05, 4.69) is 10.1 Å². The maximum absolute atomic E-state index is 12.5. The number of primary amides is 1. The van der Waals surface area contributed by atoms with Crippen LogP contribution in [-0.4, -0.2) is 13.1 Å². The molecular formula is C9H9F3N2O2. The number of methoxy groups -OCH3 is 1. The summed E-state index contributed by atoms with van der Waals surface area (Å²) in [6.45, 7) is 0. The zero-order chi connectivity index (χ0) is 12.3. The van der Waals surface area contributed by atoms with Gasteiger partial charge >= 0.3 is 12.2 Å². The van der Waals surface area contributed by atoms with Crippen LogP contribution in [-0.2, 0) is 6.18 Å². The number of carbonyl (C=O) groups excluding carboxylic acids is 1. The van der Waals surface area contributed by atoms with E-state index in [0.717, 1.165) is 19.2 Å². The first kappa shape index (κ1) is 12.2. The van der Waals surface area contributed by atoms with Crippen LogP contribution in [0.5, 0.6) is 5.75 Å². The molecule has 0 aliphatic rings. The van der Waals surface area contributed by atoms with Crippen LogP contribution < -0.4 is 15.8 Å². The van der Waals surface area contributed by atoms with Crippen LogP contribution in [0.1, 0.15) is 5.56 Å². The Hall–Kier alpha value is -1.92. The lowest BCUT2D eigenvalue weighted by Crippen LogP contribution is -2.19. The van der Waals surface area contributed by atoms with Gasteiger partial charge in [0.1, 0.15) is 5.75 Å². The van der Waals surface area contributed by atoms with E-state index < -0.39 is 17.8 Å². The zero-order valence-electron chi connectivity index (χ0n) is 8.26. The summed E-state index contributed by atoms with van der Waals surface area (Å²) >= 11 is 0. The molecule has 0 saturated heterocycles. The first-order chi connectivity index (χ1) is 7.34. The molecule has 0 spiro atoms. The van der Waals surface area contributed by atoms with Crippen LogP contribution in [0.2, 0.25) is 0 Å². The first-order valence-electron chi connectivity index (χ1n) is 4.16. The minimum Gasteiger partial charge on any atom is -0.496 e. The van der Waals surface area contributed by atoms with E-state index in [1.54, 1.807) is 0 Å². The highest BCUT2D eigenvalue weighted by molar-refractivity contribution is 5.88. The Balaban J connectivity index is 3.16. The lowest BCUT2D eigenvalue weighted by Gasteiger charge is -2.13. The van der Waals surface area contributed by atoms with E-state index in [1.165, 1.54) is 6.07 Å². The van der Waals surface area contributed by atoms with Gasteiger partial charge in [-0.2, -0.15) is 13.2 Å². The molecule has 0 aliphatic carbocycles. The molecule has 0 fully saturated rings. The molecular weight excluding hydrogens is 225 g/mol. The number of urea groups is 1. The number of nitrogens with one attached hydrogen (secondary N) is 1. The summed E-state index contributed by atoms with van der Waals surface area (Å²) in [6.07, 6.45) is -4.55. The second kappa shape index (κ2) is 4.30. The number of amides is 2. The summed E-state index contributed by atoms with van der Waals surface area (Å²) in [5, 5.41) is 2.05. The summed E-state index contributed by atoms with van der Waals surface area (Å²) in [7, 11) is 1.13. The third-order valence-electron chi connectivity index (χ3n) is 1.77. The fraction of sp³-hybridized carbons (Fsp3) is 0.222. The van der Waals surface area contributed by atoms with Gasteiger partial charge in [0, 0.05) is 5.69 Å². The van der Waals surface area contributed by atoms with Crippen molar-refractivity contribution in [3.63, 3.8) is 0 Å². The molecule has 3 N–H and O–H groups in total. The van der Waals surface area contributed by atoms with E-state index in [9.17, 15) is 18.0 Å². The van der Waals surface area contributed by atoms with Gasteiger partial charge < -0.3 is 15.8 Å². The summed E-state index contributed by atoms with van der Waals surface area (Å²) in [5.41, 5.74) is 3.78. The van der Waals surface area contributed by atoms with Gasteiger partial charge in [0.15, 0.2) is 0 Å². The quantitative estimate of drug-likeness (QED) is 0.823. The number of ether oxygens (including phenoxy) is 1. The van der Waals surface area contributed by atoms with Gasteiger partial charge in [0.05, 0.1) is 12.7 Å². The zero-order valence-corrected chi connectivity index (χ0v) is 8.26. The van der Waals surface area contributed by atoms with Crippen molar-refractivity contribution in [2.75, 3.05) is 12.4 Å². The highest BCUT2D eigenvalue weighted by atomic mass is 19.4. The number of hydrogen-bond donors (Lipinski definition) is 2. The minimum atomic E-state index is -4.55. The van der Waals surface area contributed by atoms with Gasteiger partial charge in [-0.05, 0) is 18.2 Å². The molecule has 0 unspecified atom stereocenters. The number of anilines is 1. The Kier molecular flexibility index (Phi) is 3.26. The Bertz CT molecular complexity index is 404. The average molecular weight is 234 g/mol. The Morgan fingerprint density at radius 3 is 2.50 bits per heavy atom. The topological polar surface area (TPSA) is 64.3 Å². The third kappa shape index (κ3) is 2.78. The second-order valence-corrected chi connectivity index (χ2v) is 2.90.